The second kappa shape index (κ2) is 3.53. The molecule has 0 unspecified atom stereocenters. The summed E-state index contributed by atoms with van der Waals surface area (Å²) in [5.74, 6) is -8.92. The molecule has 1 radical (unpaired) electrons. The van der Waals surface area contributed by atoms with Gasteiger partial charge in [0, 0.05) is 6.42 Å². The summed E-state index contributed by atoms with van der Waals surface area (Å²) in [4.78, 5) is 0. The summed E-state index contributed by atoms with van der Waals surface area (Å²) >= 11 is 0. The molecule has 0 nitrogen and oxygen atoms in total. The quantitative estimate of drug-likeness (QED) is 0.602. The third-order valence-electron chi connectivity index (χ3n) is 1.25. The zero-order chi connectivity index (χ0) is 9.99. The molecule has 12 heavy (non-hydrogen) atoms. The SMILES string of the molecule is [CH2]CC(F)(F)[C@H](F)C(F)(F)CF. The number of hydrogen-bond donors (Lipinski definition) is 0. The molecule has 0 aromatic heterocycles. The van der Waals surface area contributed by atoms with Crippen LogP contribution in [0.5, 0.6) is 0 Å². The van der Waals surface area contributed by atoms with Gasteiger partial charge < -0.3 is 0 Å². The van der Waals surface area contributed by atoms with Crippen LogP contribution in [-0.4, -0.2) is 24.7 Å². The Bertz CT molecular complexity index is 127. The van der Waals surface area contributed by atoms with Gasteiger partial charge in [0.15, 0.2) is 6.67 Å². The highest BCUT2D eigenvalue weighted by Gasteiger charge is 2.54. The Hall–Kier alpha value is -0.420. The van der Waals surface area contributed by atoms with Crippen LogP contribution in [-0.2, 0) is 0 Å². The molecule has 0 aliphatic carbocycles. The van der Waals surface area contributed by atoms with Gasteiger partial charge in [-0.15, -0.1) is 0 Å². The van der Waals surface area contributed by atoms with Gasteiger partial charge in [0.1, 0.15) is 0 Å². The van der Waals surface area contributed by atoms with Gasteiger partial charge in [-0.1, -0.05) is 0 Å². The summed E-state index contributed by atoms with van der Waals surface area (Å²) in [5.41, 5.74) is 0. The van der Waals surface area contributed by atoms with E-state index in [1.165, 1.54) is 0 Å². The fourth-order valence-corrected chi connectivity index (χ4v) is 0.503. The van der Waals surface area contributed by atoms with Crippen molar-refractivity contribution in [3.05, 3.63) is 6.92 Å². The van der Waals surface area contributed by atoms with Gasteiger partial charge in [-0.2, -0.15) is 0 Å². The van der Waals surface area contributed by atoms with Crippen molar-refractivity contribution >= 4 is 0 Å². The van der Waals surface area contributed by atoms with Gasteiger partial charge >= 0.3 is 5.92 Å². The standard InChI is InChI=1S/C6H7F6/c1-2-5(9,10)4(8)6(11,12)3-7/h4H,1-3H2/t4-/m0/s1. The van der Waals surface area contributed by atoms with Crippen LogP contribution in [0.2, 0.25) is 0 Å². The van der Waals surface area contributed by atoms with Gasteiger partial charge in [-0.05, 0) is 6.92 Å². The summed E-state index contributed by atoms with van der Waals surface area (Å²) in [6, 6.07) is 0. The van der Waals surface area contributed by atoms with E-state index in [9.17, 15) is 26.3 Å². The summed E-state index contributed by atoms with van der Waals surface area (Å²) in [7, 11) is 0. The van der Waals surface area contributed by atoms with Crippen molar-refractivity contribution in [2.75, 3.05) is 6.67 Å². The van der Waals surface area contributed by atoms with Crippen molar-refractivity contribution in [1.82, 2.24) is 0 Å². The minimum absolute atomic E-state index is 1.33. The summed E-state index contributed by atoms with van der Waals surface area (Å²) in [6.07, 6.45) is -5.14. The molecular weight excluding hydrogens is 186 g/mol. The molecule has 73 valence electrons. The summed E-state index contributed by atoms with van der Waals surface area (Å²) in [6.45, 7) is 0.140. The van der Waals surface area contributed by atoms with Crippen LogP contribution in [0.4, 0.5) is 26.3 Å². The lowest BCUT2D eigenvalue weighted by Crippen LogP contribution is -2.45. The largest absolute Gasteiger partial charge is 0.312 e. The van der Waals surface area contributed by atoms with Gasteiger partial charge in [-0.25, -0.2) is 26.3 Å². The lowest BCUT2D eigenvalue weighted by Gasteiger charge is -2.24. The van der Waals surface area contributed by atoms with Gasteiger partial charge in [0.2, 0.25) is 6.17 Å². The first-order valence-electron chi connectivity index (χ1n) is 3.03. The minimum Gasteiger partial charge on any atom is -0.244 e. The molecule has 0 spiro atoms. The Morgan fingerprint density at radius 2 is 1.50 bits per heavy atom. The number of halogens is 6. The van der Waals surface area contributed by atoms with E-state index in [0.29, 0.717) is 0 Å². The molecule has 0 saturated heterocycles. The highest BCUT2D eigenvalue weighted by molar-refractivity contribution is 4.88. The lowest BCUT2D eigenvalue weighted by molar-refractivity contribution is -0.185. The third-order valence-corrected chi connectivity index (χ3v) is 1.25. The van der Waals surface area contributed by atoms with Crippen LogP contribution in [0.3, 0.4) is 0 Å². The van der Waals surface area contributed by atoms with Crippen LogP contribution < -0.4 is 0 Å². The predicted octanol–water partition coefficient (Wildman–Crippen LogP) is 2.79. The molecule has 0 saturated carbocycles. The van der Waals surface area contributed by atoms with E-state index >= 15 is 0 Å². The predicted molar refractivity (Wildman–Crippen MR) is 30.7 cm³/mol. The lowest BCUT2D eigenvalue weighted by atomic mass is 10.1. The van der Waals surface area contributed by atoms with Crippen molar-refractivity contribution in [3.8, 4) is 0 Å². The summed E-state index contributed by atoms with van der Waals surface area (Å²) < 4.78 is 71.8. The van der Waals surface area contributed by atoms with E-state index in [-0.39, 0.29) is 0 Å². The van der Waals surface area contributed by atoms with Crippen molar-refractivity contribution < 1.29 is 26.3 Å². The maximum Gasteiger partial charge on any atom is 0.312 e. The number of rotatable bonds is 4. The van der Waals surface area contributed by atoms with Gasteiger partial charge in [-0.3, -0.25) is 0 Å². The molecule has 0 aromatic carbocycles. The zero-order valence-corrected chi connectivity index (χ0v) is 5.97. The second-order valence-corrected chi connectivity index (χ2v) is 2.27. The smallest absolute Gasteiger partial charge is 0.244 e. The van der Waals surface area contributed by atoms with E-state index in [0.717, 1.165) is 0 Å². The zero-order valence-electron chi connectivity index (χ0n) is 5.97. The number of alkyl halides is 6. The van der Waals surface area contributed by atoms with E-state index < -0.39 is 31.1 Å². The highest BCUT2D eigenvalue weighted by atomic mass is 19.3. The molecule has 0 heterocycles. The van der Waals surface area contributed by atoms with Crippen molar-refractivity contribution in [2.24, 2.45) is 0 Å². The fraction of sp³-hybridized carbons (Fsp3) is 0.833. The Morgan fingerprint density at radius 3 is 1.75 bits per heavy atom. The topological polar surface area (TPSA) is 0 Å². The molecule has 0 N–H and O–H groups in total. The van der Waals surface area contributed by atoms with Crippen LogP contribution in [0.1, 0.15) is 6.42 Å². The molecule has 6 heteroatoms. The van der Waals surface area contributed by atoms with E-state index in [1.54, 1.807) is 0 Å². The number of hydrogen-bond acceptors (Lipinski definition) is 0. The van der Waals surface area contributed by atoms with Gasteiger partial charge in [0.05, 0.1) is 0 Å². The first kappa shape index (κ1) is 11.6. The van der Waals surface area contributed by atoms with E-state index in [1.807, 2.05) is 0 Å². The van der Waals surface area contributed by atoms with Crippen LogP contribution in [0, 0.1) is 6.92 Å². The highest BCUT2D eigenvalue weighted by Crippen LogP contribution is 2.35. The molecule has 1 atom stereocenters. The molecule has 0 aliphatic heterocycles. The van der Waals surface area contributed by atoms with Crippen LogP contribution in [0.15, 0.2) is 0 Å². The molecule has 0 fully saturated rings. The van der Waals surface area contributed by atoms with Crippen molar-refractivity contribution in [3.63, 3.8) is 0 Å². The maximum atomic E-state index is 12.2. The van der Waals surface area contributed by atoms with Crippen LogP contribution >= 0.6 is 0 Å². The Labute approximate surface area is 65.6 Å². The maximum absolute atomic E-state index is 12.2. The molecule has 0 aliphatic rings. The molecule has 0 rings (SSSR count). The first-order chi connectivity index (χ1) is 5.28. The third kappa shape index (κ3) is 2.28. The Kier molecular flexibility index (Phi) is 3.41. The van der Waals surface area contributed by atoms with Gasteiger partial charge in [0.25, 0.3) is 5.92 Å². The monoisotopic (exact) mass is 193 g/mol. The van der Waals surface area contributed by atoms with E-state index in [4.69, 9.17) is 0 Å². The second-order valence-electron chi connectivity index (χ2n) is 2.27. The Morgan fingerprint density at radius 1 is 1.08 bits per heavy atom. The Balaban J connectivity index is 4.47. The normalized spacial score (nSPS) is 16.2. The summed E-state index contributed by atoms with van der Waals surface area (Å²) in [5, 5.41) is 0. The van der Waals surface area contributed by atoms with E-state index in [2.05, 4.69) is 6.92 Å². The molecule has 0 aromatic rings. The first-order valence-corrected chi connectivity index (χ1v) is 3.03. The van der Waals surface area contributed by atoms with Crippen molar-refractivity contribution in [1.29, 1.82) is 0 Å². The van der Waals surface area contributed by atoms with Crippen molar-refractivity contribution in [2.45, 2.75) is 24.4 Å². The molecule has 0 amide bonds. The van der Waals surface area contributed by atoms with Crippen LogP contribution in [0.25, 0.3) is 0 Å². The fourth-order valence-electron chi connectivity index (χ4n) is 0.503. The minimum atomic E-state index is -4.64. The average Bonchev–Trinajstić information content (AvgIpc) is 2.03. The molecule has 0 bridgehead atoms. The molecular formula is C6H7F6. The average molecular weight is 193 g/mol.